The maximum Gasteiger partial charge on any atom is 0.307 e. The highest BCUT2D eigenvalue weighted by molar-refractivity contribution is 7.80. The topological polar surface area (TPSA) is 75.7 Å². The van der Waals surface area contributed by atoms with E-state index in [0.717, 1.165) is 6.42 Å². The van der Waals surface area contributed by atoms with Gasteiger partial charge in [-0.15, -0.1) is 0 Å². The third kappa shape index (κ3) is 3.50. The lowest BCUT2D eigenvalue weighted by atomic mass is 9.69. The van der Waals surface area contributed by atoms with Gasteiger partial charge < -0.3 is 10.1 Å². The van der Waals surface area contributed by atoms with Gasteiger partial charge in [0.25, 0.3) is 0 Å². The quantitative estimate of drug-likeness (QED) is 0.361. The Morgan fingerprint density at radius 2 is 2.12 bits per heavy atom. The first-order chi connectivity index (χ1) is 11.1. The van der Waals surface area contributed by atoms with Gasteiger partial charge in [0.05, 0.1) is 13.0 Å². The fourth-order valence-corrected chi connectivity index (χ4v) is 3.19. The molecule has 0 aromatic carbocycles. The Balaban J connectivity index is 2.29. The average Bonchev–Trinajstić information content (AvgIpc) is 3.01. The number of hydrogen-bond acceptors (Lipinski definition) is 5. The van der Waals surface area contributed by atoms with Crippen molar-refractivity contribution < 1.29 is 19.1 Å². The molecular formula is C17H24N2O4S. The van der Waals surface area contributed by atoms with Crippen LogP contribution < -0.4 is 5.32 Å². The van der Waals surface area contributed by atoms with E-state index in [9.17, 15) is 14.4 Å². The van der Waals surface area contributed by atoms with Gasteiger partial charge in [0, 0.05) is 13.0 Å². The van der Waals surface area contributed by atoms with Crippen LogP contribution in [0.4, 0.5) is 0 Å². The molecule has 7 heteroatoms. The van der Waals surface area contributed by atoms with Crippen molar-refractivity contribution in [3.05, 3.63) is 12.2 Å². The van der Waals surface area contributed by atoms with Crippen LogP contribution in [0.2, 0.25) is 0 Å². The largest absolute Gasteiger partial charge is 0.465 e. The van der Waals surface area contributed by atoms with Crippen molar-refractivity contribution in [2.45, 2.75) is 40.0 Å². The van der Waals surface area contributed by atoms with Crippen LogP contribution in [-0.2, 0) is 19.1 Å². The number of thiocarbonyl (C=S) groups is 1. The number of nitrogens with one attached hydrogen (secondary N) is 1. The molecule has 2 aliphatic rings. The first-order valence-corrected chi connectivity index (χ1v) is 8.44. The second-order valence-corrected chi connectivity index (χ2v) is 7.99. The van der Waals surface area contributed by atoms with E-state index >= 15 is 0 Å². The molecule has 0 aromatic heterocycles. The number of esters is 1. The molecule has 2 amide bonds. The zero-order valence-electron chi connectivity index (χ0n) is 14.5. The molecule has 0 spiro atoms. The van der Waals surface area contributed by atoms with E-state index in [4.69, 9.17) is 17.0 Å². The first kappa shape index (κ1) is 18.6. The highest BCUT2D eigenvalue weighted by Crippen LogP contribution is 2.42. The van der Waals surface area contributed by atoms with Crippen LogP contribution in [0.1, 0.15) is 40.0 Å². The molecule has 0 aromatic rings. The average molecular weight is 352 g/mol. The third-order valence-electron chi connectivity index (χ3n) is 4.35. The second kappa shape index (κ2) is 6.63. The molecule has 2 atom stereocenters. The molecule has 1 fully saturated rings. The summed E-state index contributed by atoms with van der Waals surface area (Å²) in [6.45, 7) is 6.06. The predicted molar refractivity (Wildman–Crippen MR) is 92.8 cm³/mol. The number of carbonyl (C=O) groups is 3. The summed E-state index contributed by atoms with van der Waals surface area (Å²) in [6, 6.07) is 0. The number of rotatable bonds is 4. The van der Waals surface area contributed by atoms with E-state index in [0.29, 0.717) is 6.42 Å². The minimum absolute atomic E-state index is 0.0608. The third-order valence-corrected chi connectivity index (χ3v) is 4.73. The van der Waals surface area contributed by atoms with Crippen LogP contribution >= 0.6 is 12.2 Å². The summed E-state index contributed by atoms with van der Waals surface area (Å²) in [5, 5.41) is 2.62. The van der Waals surface area contributed by atoms with Crippen LogP contribution in [0.5, 0.6) is 0 Å². The van der Waals surface area contributed by atoms with E-state index < -0.39 is 23.2 Å². The maximum absolute atomic E-state index is 12.9. The zero-order valence-corrected chi connectivity index (χ0v) is 15.4. The molecule has 6 nitrogen and oxygen atoms in total. The molecule has 2 rings (SSSR count). The summed E-state index contributed by atoms with van der Waals surface area (Å²) >= 11 is 5.01. The van der Waals surface area contributed by atoms with Gasteiger partial charge in [-0.05, 0) is 30.5 Å². The molecule has 132 valence electrons. The Labute approximate surface area is 147 Å². The summed E-state index contributed by atoms with van der Waals surface area (Å²) in [6.07, 6.45) is 4.91. The zero-order chi connectivity index (χ0) is 18.1. The lowest BCUT2D eigenvalue weighted by Crippen LogP contribution is -2.65. The van der Waals surface area contributed by atoms with Crippen LogP contribution in [0.3, 0.4) is 0 Å². The summed E-state index contributed by atoms with van der Waals surface area (Å²) in [4.78, 5) is 39.3. The van der Waals surface area contributed by atoms with Crippen LogP contribution in [0.25, 0.3) is 0 Å². The maximum atomic E-state index is 12.9. The van der Waals surface area contributed by atoms with Gasteiger partial charge in [-0.1, -0.05) is 32.9 Å². The van der Waals surface area contributed by atoms with Crippen LogP contribution in [0, 0.1) is 16.7 Å². The number of amides is 2. The molecule has 1 aliphatic carbocycles. The molecule has 2 unspecified atom stereocenters. The lowest BCUT2D eigenvalue weighted by molar-refractivity contribution is -0.163. The standard InChI is InChI=1S/C17H24N2O4S/c1-16(2,3)10-23-12(20)9-17(11-7-5-6-8-11)13(21)18-15(24)19(4)14(17)22/h5,7,11H,6,8-10H2,1-4H3,(H,18,21,24). The van der Waals surface area contributed by atoms with Crippen molar-refractivity contribution in [2.24, 2.45) is 16.7 Å². The normalized spacial score (nSPS) is 27.4. The fraction of sp³-hybridized carbons (Fsp3) is 0.647. The summed E-state index contributed by atoms with van der Waals surface area (Å²) in [7, 11) is 1.51. The van der Waals surface area contributed by atoms with E-state index in [1.54, 1.807) is 0 Å². The van der Waals surface area contributed by atoms with E-state index in [1.165, 1.54) is 11.9 Å². The number of allylic oxidation sites excluding steroid dienone is 2. The molecule has 1 heterocycles. The van der Waals surface area contributed by atoms with Gasteiger partial charge >= 0.3 is 5.97 Å². The van der Waals surface area contributed by atoms with Gasteiger partial charge in [0.1, 0.15) is 5.41 Å². The smallest absolute Gasteiger partial charge is 0.307 e. The van der Waals surface area contributed by atoms with Crippen molar-refractivity contribution in [1.29, 1.82) is 0 Å². The molecule has 0 radical (unpaired) electrons. The predicted octanol–water partition coefficient (Wildman–Crippen LogP) is 1.79. The molecule has 1 aliphatic heterocycles. The Kier molecular flexibility index (Phi) is 5.13. The van der Waals surface area contributed by atoms with E-state index in [-0.39, 0.29) is 29.5 Å². The fourth-order valence-electron chi connectivity index (χ4n) is 3.01. The van der Waals surface area contributed by atoms with Gasteiger partial charge in [0.2, 0.25) is 11.8 Å². The minimum atomic E-state index is -1.49. The molecule has 0 bridgehead atoms. The molecule has 0 saturated carbocycles. The highest BCUT2D eigenvalue weighted by atomic mass is 32.1. The molecule has 24 heavy (non-hydrogen) atoms. The van der Waals surface area contributed by atoms with Crippen molar-refractivity contribution in [3.63, 3.8) is 0 Å². The monoisotopic (exact) mass is 352 g/mol. The van der Waals surface area contributed by atoms with Gasteiger partial charge in [-0.25, -0.2) is 0 Å². The van der Waals surface area contributed by atoms with Gasteiger partial charge in [0.15, 0.2) is 5.11 Å². The van der Waals surface area contributed by atoms with Gasteiger partial charge in [-0.2, -0.15) is 0 Å². The SMILES string of the molecule is CN1C(=O)C(CC(=O)OCC(C)(C)C)(C2C=CCC2)C(=O)NC1=S. The number of nitrogens with zero attached hydrogens (tertiary/aromatic N) is 1. The van der Waals surface area contributed by atoms with E-state index in [1.807, 2.05) is 32.9 Å². The summed E-state index contributed by atoms with van der Waals surface area (Å²) in [5.74, 6) is -1.84. The Bertz CT molecular complexity index is 608. The number of ether oxygens (including phenoxy) is 1. The molecule has 1 N–H and O–H groups in total. The van der Waals surface area contributed by atoms with Crippen molar-refractivity contribution >= 4 is 35.1 Å². The Hall–Kier alpha value is -1.76. The van der Waals surface area contributed by atoms with Crippen LogP contribution in [-0.4, -0.2) is 41.5 Å². The Morgan fingerprint density at radius 1 is 1.46 bits per heavy atom. The summed E-state index contributed by atoms with van der Waals surface area (Å²) < 4.78 is 5.31. The highest BCUT2D eigenvalue weighted by Gasteiger charge is 2.57. The first-order valence-electron chi connectivity index (χ1n) is 8.04. The molecule has 1 saturated heterocycles. The Morgan fingerprint density at radius 3 is 2.67 bits per heavy atom. The van der Waals surface area contributed by atoms with Crippen molar-refractivity contribution in [3.8, 4) is 0 Å². The minimum Gasteiger partial charge on any atom is -0.465 e. The summed E-state index contributed by atoms with van der Waals surface area (Å²) in [5.41, 5.74) is -1.67. The number of hydrogen-bond donors (Lipinski definition) is 1. The van der Waals surface area contributed by atoms with Crippen molar-refractivity contribution in [1.82, 2.24) is 10.2 Å². The van der Waals surface area contributed by atoms with Crippen molar-refractivity contribution in [2.75, 3.05) is 13.7 Å². The van der Waals surface area contributed by atoms with Crippen LogP contribution in [0.15, 0.2) is 12.2 Å². The lowest BCUT2D eigenvalue weighted by Gasteiger charge is -2.41. The van der Waals surface area contributed by atoms with E-state index in [2.05, 4.69) is 5.32 Å². The second-order valence-electron chi connectivity index (χ2n) is 7.60. The molecular weight excluding hydrogens is 328 g/mol. The van der Waals surface area contributed by atoms with Gasteiger partial charge in [-0.3, -0.25) is 19.3 Å². The number of carbonyl (C=O) groups excluding carboxylic acids is 3.